The molecule has 12 heteroatoms. The van der Waals surface area contributed by atoms with Crippen molar-refractivity contribution in [1.82, 2.24) is 4.90 Å². The van der Waals surface area contributed by atoms with Crippen molar-refractivity contribution >= 4 is 21.9 Å². The van der Waals surface area contributed by atoms with Gasteiger partial charge in [0.25, 0.3) is 10.1 Å². The molecule has 0 N–H and O–H groups in total. The molecule has 11 nitrogen and oxygen atoms in total. The first-order valence-electron chi connectivity index (χ1n) is 18.5. The number of benzene rings is 4. The van der Waals surface area contributed by atoms with Crippen molar-refractivity contribution in [2.24, 2.45) is 0 Å². The molecule has 54 heavy (non-hydrogen) atoms. The number of amides is 1. The number of carbonyl (C=O) groups excluding carboxylic acids is 1. The third-order valence-corrected chi connectivity index (χ3v) is 10.3. The van der Waals surface area contributed by atoms with Crippen molar-refractivity contribution in [1.29, 1.82) is 0 Å². The van der Waals surface area contributed by atoms with Crippen LogP contribution in [0.4, 0.5) is 10.5 Å². The van der Waals surface area contributed by atoms with E-state index in [1.165, 1.54) is 0 Å². The molecule has 4 aromatic carbocycles. The second-order valence-corrected chi connectivity index (χ2v) is 15.2. The minimum Gasteiger partial charge on any atom is -0.496 e. The van der Waals surface area contributed by atoms with Crippen molar-refractivity contribution in [3.63, 3.8) is 0 Å². The molecule has 288 valence electrons. The Labute approximate surface area is 318 Å². The number of piperidine rings is 1. The van der Waals surface area contributed by atoms with E-state index in [-0.39, 0.29) is 31.3 Å². The summed E-state index contributed by atoms with van der Waals surface area (Å²) < 4.78 is 59.1. The molecular formula is C42H50N2O9S. The number of likely N-dealkylation sites (tertiary alicyclic amines) is 1. The van der Waals surface area contributed by atoms with Crippen LogP contribution in [0.1, 0.15) is 53.9 Å². The van der Waals surface area contributed by atoms with Crippen molar-refractivity contribution < 1.29 is 41.1 Å². The molecule has 0 aliphatic carbocycles. The van der Waals surface area contributed by atoms with Gasteiger partial charge in [0.15, 0.2) is 0 Å². The lowest BCUT2D eigenvalue weighted by atomic mass is 9.87. The Balaban J connectivity index is 1.09. The molecule has 0 aromatic heterocycles. The highest BCUT2D eigenvalue weighted by Gasteiger charge is 2.35. The zero-order chi connectivity index (χ0) is 37.8. The van der Waals surface area contributed by atoms with Crippen LogP contribution in [0.25, 0.3) is 0 Å². The Hall–Kier alpha value is -4.62. The molecule has 1 amide bonds. The van der Waals surface area contributed by atoms with E-state index in [1.807, 2.05) is 95.9 Å². The van der Waals surface area contributed by atoms with E-state index >= 15 is 0 Å². The number of ether oxygens (including phenoxy) is 5. The summed E-state index contributed by atoms with van der Waals surface area (Å²) in [7, 11) is -1.97. The first-order valence-corrected chi connectivity index (χ1v) is 20.3. The highest BCUT2D eigenvalue weighted by atomic mass is 32.2. The van der Waals surface area contributed by atoms with Gasteiger partial charge in [0, 0.05) is 42.2 Å². The quantitative estimate of drug-likeness (QED) is 0.0804. The average Bonchev–Trinajstić information content (AvgIpc) is 3.64. The van der Waals surface area contributed by atoms with Gasteiger partial charge in [-0.25, -0.2) is 8.98 Å². The molecule has 2 heterocycles. The van der Waals surface area contributed by atoms with Crippen LogP contribution in [0.15, 0.2) is 103 Å². The van der Waals surface area contributed by atoms with Crippen molar-refractivity contribution in [3.05, 3.63) is 125 Å². The van der Waals surface area contributed by atoms with Gasteiger partial charge in [0.05, 0.1) is 52.4 Å². The van der Waals surface area contributed by atoms with Crippen LogP contribution in [-0.2, 0) is 48.3 Å². The smallest absolute Gasteiger partial charge is 0.410 e. The number of hydrogen-bond donors (Lipinski definition) is 0. The SMILES string of the molecule is COc1ccccc1COCCCOc1ccc(C2CCN(C(=O)OCc3ccccc3)CC2OCc2ccccc2N2CCCC2OS(C)(=O)=O)cc1. The zero-order valence-corrected chi connectivity index (χ0v) is 31.8. The van der Waals surface area contributed by atoms with Crippen LogP contribution >= 0.6 is 0 Å². The normalized spacial score (nSPS) is 18.7. The number of anilines is 1. The first kappa shape index (κ1) is 39.1. The summed E-state index contributed by atoms with van der Waals surface area (Å²) in [5.41, 5.74) is 4.82. The lowest BCUT2D eigenvalue weighted by Gasteiger charge is -2.38. The van der Waals surface area contributed by atoms with E-state index in [0.717, 1.165) is 58.5 Å². The Kier molecular flexibility index (Phi) is 13.8. The van der Waals surface area contributed by atoms with Gasteiger partial charge in [-0.3, -0.25) is 0 Å². The number of methoxy groups -OCH3 is 1. The number of rotatable bonds is 17. The van der Waals surface area contributed by atoms with Gasteiger partial charge in [0.1, 0.15) is 24.3 Å². The number of para-hydroxylation sites is 2. The molecule has 2 aliphatic heterocycles. The standard InChI is InChI=1S/C42H50N2O9S/c1-48-39-17-9-7-15-35(39)30-49-26-11-27-50-36-21-19-33(20-22-36)37-23-25-43(42(45)52-29-32-12-4-3-5-13-32)28-40(37)51-31-34-14-6-8-16-38(34)44-24-10-18-41(44)53-54(2,46)47/h3-9,12-17,19-22,37,40-41H,10-11,18,23-31H2,1-2H3. The van der Waals surface area contributed by atoms with Gasteiger partial charge in [-0.1, -0.05) is 78.9 Å². The number of nitrogens with zero attached hydrogens (tertiary/aromatic N) is 2. The highest BCUT2D eigenvalue weighted by molar-refractivity contribution is 7.86. The highest BCUT2D eigenvalue weighted by Crippen LogP contribution is 2.35. The third kappa shape index (κ3) is 11.0. The predicted molar refractivity (Wildman–Crippen MR) is 206 cm³/mol. The molecule has 3 unspecified atom stereocenters. The Morgan fingerprint density at radius 1 is 0.796 bits per heavy atom. The van der Waals surface area contributed by atoms with Gasteiger partial charge < -0.3 is 33.5 Å². The summed E-state index contributed by atoms with van der Waals surface area (Å²) in [4.78, 5) is 17.0. The Morgan fingerprint density at radius 3 is 2.31 bits per heavy atom. The fourth-order valence-corrected chi connectivity index (χ4v) is 7.64. The number of carbonyl (C=O) groups is 1. The molecule has 2 aliphatic rings. The topological polar surface area (TPSA) is 113 Å². The van der Waals surface area contributed by atoms with Crippen molar-refractivity contribution in [2.75, 3.05) is 51.1 Å². The monoisotopic (exact) mass is 758 g/mol. The summed E-state index contributed by atoms with van der Waals surface area (Å²) in [5.74, 6) is 1.60. The van der Waals surface area contributed by atoms with Crippen molar-refractivity contribution in [2.45, 2.75) is 63.8 Å². The second kappa shape index (κ2) is 19.1. The molecule has 0 radical (unpaired) electrons. The molecule has 6 rings (SSSR count). The van der Waals surface area contributed by atoms with Gasteiger partial charge in [-0.2, -0.15) is 8.42 Å². The van der Waals surface area contributed by atoms with Crippen LogP contribution in [-0.4, -0.2) is 78.0 Å². The minimum absolute atomic E-state index is 0.0147. The van der Waals surface area contributed by atoms with Gasteiger partial charge in [0.2, 0.25) is 0 Å². The van der Waals surface area contributed by atoms with Crippen LogP contribution in [0.2, 0.25) is 0 Å². The lowest BCUT2D eigenvalue weighted by molar-refractivity contribution is -0.0245. The summed E-state index contributed by atoms with van der Waals surface area (Å²) in [5, 5.41) is 0. The van der Waals surface area contributed by atoms with Gasteiger partial charge >= 0.3 is 6.09 Å². The van der Waals surface area contributed by atoms with Crippen LogP contribution in [0, 0.1) is 0 Å². The molecule has 0 bridgehead atoms. The van der Waals surface area contributed by atoms with E-state index in [4.69, 9.17) is 27.9 Å². The molecular weight excluding hydrogens is 709 g/mol. The summed E-state index contributed by atoms with van der Waals surface area (Å²) in [6, 6.07) is 33.4. The Bertz CT molecular complexity index is 1890. The second-order valence-electron chi connectivity index (χ2n) is 13.6. The van der Waals surface area contributed by atoms with Gasteiger partial charge in [-0.05, 0) is 54.7 Å². The fraction of sp³-hybridized carbons (Fsp3) is 0.405. The maximum absolute atomic E-state index is 13.3. The van der Waals surface area contributed by atoms with Crippen LogP contribution in [0.3, 0.4) is 0 Å². The molecule has 0 saturated carbocycles. The third-order valence-electron chi connectivity index (χ3n) is 9.72. The average molecular weight is 759 g/mol. The minimum atomic E-state index is -3.63. The molecule has 0 spiro atoms. The maximum atomic E-state index is 13.3. The fourth-order valence-electron chi connectivity index (χ4n) is 7.03. The molecule has 2 saturated heterocycles. The first-order chi connectivity index (χ1) is 26.3. The Morgan fingerprint density at radius 2 is 1.54 bits per heavy atom. The van der Waals surface area contributed by atoms with E-state index < -0.39 is 16.3 Å². The predicted octanol–water partition coefficient (Wildman–Crippen LogP) is 7.29. The number of hydrogen-bond acceptors (Lipinski definition) is 10. The summed E-state index contributed by atoms with van der Waals surface area (Å²) >= 11 is 0. The summed E-state index contributed by atoms with van der Waals surface area (Å²) in [6.45, 7) is 3.59. The van der Waals surface area contributed by atoms with E-state index in [2.05, 4.69) is 12.1 Å². The molecule has 2 fully saturated rings. The molecule has 3 atom stereocenters. The van der Waals surface area contributed by atoms with E-state index in [1.54, 1.807) is 12.0 Å². The summed E-state index contributed by atoms with van der Waals surface area (Å²) in [6.07, 6.45) is 2.67. The van der Waals surface area contributed by atoms with Crippen LogP contribution in [0.5, 0.6) is 11.5 Å². The lowest BCUT2D eigenvalue weighted by Crippen LogP contribution is -2.47. The van der Waals surface area contributed by atoms with Gasteiger partial charge in [-0.15, -0.1) is 0 Å². The van der Waals surface area contributed by atoms with Crippen molar-refractivity contribution in [3.8, 4) is 11.5 Å². The zero-order valence-electron chi connectivity index (χ0n) is 31.0. The van der Waals surface area contributed by atoms with E-state index in [9.17, 15) is 13.2 Å². The molecule has 4 aromatic rings. The van der Waals surface area contributed by atoms with E-state index in [0.29, 0.717) is 52.3 Å². The largest absolute Gasteiger partial charge is 0.496 e. The van der Waals surface area contributed by atoms with Crippen LogP contribution < -0.4 is 14.4 Å². The maximum Gasteiger partial charge on any atom is 0.410 e.